The zero-order valence-electron chi connectivity index (χ0n) is 12.1. The lowest BCUT2D eigenvalue weighted by Gasteiger charge is -2.39. The van der Waals surface area contributed by atoms with E-state index in [0.717, 1.165) is 50.1 Å². The number of likely N-dealkylation sites (N-methyl/N-ethyl adjacent to an activating group) is 1. The van der Waals surface area contributed by atoms with E-state index in [9.17, 15) is 4.79 Å². The van der Waals surface area contributed by atoms with Crippen molar-refractivity contribution in [1.82, 2.24) is 0 Å². The van der Waals surface area contributed by atoms with Crippen LogP contribution in [0.3, 0.4) is 0 Å². The number of benzene rings is 1. The molecule has 1 aromatic rings. The van der Waals surface area contributed by atoms with Gasteiger partial charge in [0.15, 0.2) is 0 Å². The van der Waals surface area contributed by atoms with Crippen LogP contribution in [0.5, 0.6) is 0 Å². The first kappa shape index (κ1) is 13.4. The molecule has 1 aliphatic heterocycles. The van der Waals surface area contributed by atoms with Crippen LogP contribution in [0.2, 0.25) is 0 Å². The summed E-state index contributed by atoms with van der Waals surface area (Å²) in [4.78, 5) is 17.0. The lowest BCUT2D eigenvalue weighted by Crippen LogP contribution is -2.50. The lowest BCUT2D eigenvalue weighted by atomic mass is 9.84. The smallest absolute Gasteiger partial charge is 0.231 e. The Hall–Kier alpha value is -1.55. The van der Waals surface area contributed by atoms with Gasteiger partial charge in [0.05, 0.1) is 17.3 Å². The van der Waals surface area contributed by atoms with E-state index in [0.29, 0.717) is 0 Å². The zero-order chi connectivity index (χ0) is 14.1. The molecule has 0 bridgehead atoms. The molecule has 1 aliphatic carbocycles. The summed E-state index contributed by atoms with van der Waals surface area (Å²) < 4.78 is 0. The second-order valence-corrected chi connectivity index (χ2v) is 5.95. The van der Waals surface area contributed by atoms with E-state index in [1.165, 1.54) is 0 Å². The monoisotopic (exact) mass is 273 g/mol. The number of carbonyl (C=O) groups is 1. The van der Waals surface area contributed by atoms with Crippen molar-refractivity contribution < 1.29 is 4.79 Å². The molecule has 20 heavy (non-hydrogen) atoms. The Labute approximate surface area is 120 Å². The zero-order valence-corrected chi connectivity index (χ0v) is 12.1. The summed E-state index contributed by atoms with van der Waals surface area (Å²) in [6.07, 6.45) is 4.20. The topological polar surface area (TPSA) is 49.6 Å². The average molecular weight is 273 g/mol. The highest BCUT2D eigenvalue weighted by atomic mass is 16.2. The Morgan fingerprint density at radius 3 is 2.60 bits per heavy atom. The number of nitrogens with zero attached hydrogens (tertiary/aromatic N) is 2. The fourth-order valence-electron chi connectivity index (χ4n) is 3.40. The van der Waals surface area contributed by atoms with Gasteiger partial charge in [-0.25, -0.2) is 0 Å². The van der Waals surface area contributed by atoms with Crippen LogP contribution in [0, 0.1) is 5.92 Å². The van der Waals surface area contributed by atoms with E-state index >= 15 is 0 Å². The number of hydrogen-bond acceptors (Lipinski definition) is 3. The van der Waals surface area contributed by atoms with Crippen LogP contribution in [0.1, 0.15) is 25.7 Å². The third kappa shape index (κ3) is 2.29. The van der Waals surface area contributed by atoms with Gasteiger partial charge in [-0.05, 0) is 25.0 Å². The molecule has 108 valence electrons. The molecule has 4 heteroatoms. The normalized spacial score (nSPS) is 26.3. The van der Waals surface area contributed by atoms with Crippen LogP contribution >= 0.6 is 0 Å². The molecule has 1 fully saturated rings. The van der Waals surface area contributed by atoms with E-state index in [1.54, 1.807) is 0 Å². The van der Waals surface area contributed by atoms with Gasteiger partial charge in [-0.2, -0.15) is 0 Å². The minimum atomic E-state index is 0.000197. The molecule has 0 saturated heterocycles. The van der Waals surface area contributed by atoms with Crippen LogP contribution in [0.15, 0.2) is 24.3 Å². The maximum absolute atomic E-state index is 12.9. The summed E-state index contributed by atoms with van der Waals surface area (Å²) in [7, 11) is 2.08. The summed E-state index contributed by atoms with van der Waals surface area (Å²) in [5.41, 5.74) is 8.34. The summed E-state index contributed by atoms with van der Waals surface area (Å²) in [5.74, 6) is 0.220. The number of fused-ring (bicyclic) bond motifs is 1. The van der Waals surface area contributed by atoms with E-state index in [2.05, 4.69) is 18.0 Å². The fourth-order valence-corrected chi connectivity index (χ4v) is 3.40. The molecule has 1 heterocycles. The van der Waals surface area contributed by atoms with Crippen LogP contribution in [-0.4, -0.2) is 32.1 Å². The van der Waals surface area contributed by atoms with E-state index in [1.807, 2.05) is 23.1 Å². The van der Waals surface area contributed by atoms with Crippen LogP contribution < -0.4 is 15.5 Å². The minimum absolute atomic E-state index is 0.000197. The highest BCUT2D eigenvalue weighted by molar-refractivity contribution is 5.99. The molecule has 2 N–H and O–H groups in total. The molecule has 2 aliphatic rings. The van der Waals surface area contributed by atoms with Gasteiger partial charge in [-0.1, -0.05) is 25.0 Å². The van der Waals surface area contributed by atoms with Gasteiger partial charge < -0.3 is 15.5 Å². The van der Waals surface area contributed by atoms with Gasteiger partial charge in [-0.15, -0.1) is 0 Å². The summed E-state index contributed by atoms with van der Waals surface area (Å²) in [6.45, 7) is 1.64. The Bertz CT molecular complexity index is 502. The van der Waals surface area contributed by atoms with Gasteiger partial charge in [0.1, 0.15) is 0 Å². The molecule has 1 saturated carbocycles. The highest BCUT2D eigenvalue weighted by Gasteiger charge is 2.34. The molecule has 0 radical (unpaired) electrons. The van der Waals surface area contributed by atoms with E-state index in [-0.39, 0.29) is 17.9 Å². The van der Waals surface area contributed by atoms with Crippen molar-refractivity contribution in [2.75, 3.05) is 29.9 Å². The van der Waals surface area contributed by atoms with E-state index in [4.69, 9.17) is 5.73 Å². The number of amides is 1. The molecular formula is C16H23N3O. The number of anilines is 2. The number of nitrogens with two attached hydrogens (primary N) is 1. The van der Waals surface area contributed by atoms with Gasteiger partial charge >= 0.3 is 0 Å². The number of carbonyl (C=O) groups excluding carboxylic acids is 1. The van der Waals surface area contributed by atoms with Crippen molar-refractivity contribution in [3.63, 3.8) is 0 Å². The van der Waals surface area contributed by atoms with Crippen LogP contribution in [-0.2, 0) is 4.79 Å². The van der Waals surface area contributed by atoms with Gasteiger partial charge in [0, 0.05) is 26.2 Å². The van der Waals surface area contributed by atoms with Crippen molar-refractivity contribution in [3.05, 3.63) is 24.3 Å². The van der Waals surface area contributed by atoms with Crippen LogP contribution in [0.4, 0.5) is 11.4 Å². The largest absolute Gasteiger partial charge is 0.371 e. The summed E-state index contributed by atoms with van der Waals surface area (Å²) in [5, 5.41) is 0. The highest BCUT2D eigenvalue weighted by Crippen LogP contribution is 2.34. The maximum Gasteiger partial charge on any atom is 0.231 e. The Morgan fingerprint density at radius 1 is 1.15 bits per heavy atom. The average Bonchev–Trinajstić information content (AvgIpc) is 2.48. The SMILES string of the molecule is CN1CCN(C(=O)C2CCCCC2N)c2ccccc21. The van der Waals surface area contributed by atoms with Crippen molar-refractivity contribution >= 4 is 17.3 Å². The molecule has 4 nitrogen and oxygen atoms in total. The predicted octanol–water partition coefficient (Wildman–Crippen LogP) is 1.99. The molecular weight excluding hydrogens is 250 g/mol. The molecule has 3 rings (SSSR count). The van der Waals surface area contributed by atoms with Gasteiger partial charge in [0.25, 0.3) is 0 Å². The van der Waals surface area contributed by atoms with Gasteiger partial charge in [-0.3, -0.25) is 4.79 Å². The molecule has 2 unspecified atom stereocenters. The number of para-hydroxylation sites is 2. The standard InChI is InChI=1S/C16H23N3O/c1-18-10-11-19(15-9-5-4-8-14(15)18)16(20)12-6-2-3-7-13(12)17/h4-5,8-9,12-13H,2-3,6-7,10-11,17H2,1H3. The van der Waals surface area contributed by atoms with Crippen molar-refractivity contribution in [3.8, 4) is 0 Å². The van der Waals surface area contributed by atoms with Crippen molar-refractivity contribution in [1.29, 1.82) is 0 Å². The summed E-state index contributed by atoms with van der Waals surface area (Å²) >= 11 is 0. The number of hydrogen-bond donors (Lipinski definition) is 1. The minimum Gasteiger partial charge on any atom is -0.371 e. The Balaban J connectivity index is 1.87. The first-order valence-electron chi connectivity index (χ1n) is 7.55. The van der Waals surface area contributed by atoms with Crippen LogP contribution in [0.25, 0.3) is 0 Å². The first-order chi connectivity index (χ1) is 9.68. The molecule has 2 atom stereocenters. The van der Waals surface area contributed by atoms with Crippen molar-refractivity contribution in [2.24, 2.45) is 11.7 Å². The van der Waals surface area contributed by atoms with E-state index < -0.39 is 0 Å². The molecule has 0 aromatic heterocycles. The summed E-state index contributed by atoms with van der Waals surface area (Å²) in [6, 6.07) is 8.17. The Morgan fingerprint density at radius 2 is 1.85 bits per heavy atom. The van der Waals surface area contributed by atoms with Crippen molar-refractivity contribution in [2.45, 2.75) is 31.7 Å². The molecule has 1 aromatic carbocycles. The quantitative estimate of drug-likeness (QED) is 0.851. The third-order valence-electron chi connectivity index (χ3n) is 4.65. The first-order valence-corrected chi connectivity index (χ1v) is 7.55. The Kier molecular flexibility index (Phi) is 3.66. The fraction of sp³-hybridized carbons (Fsp3) is 0.562. The molecule has 1 amide bonds. The second-order valence-electron chi connectivity index (χ2n) is 5.95. The lowest BCUT2D eigenvalue weighted by molar-refractivity contribution is -0.123. The predicted molar refractivity (Wildman–Crippen MR) is 82.0 cm³/mol. The van der Waals surface area contributed by atoms with Gasteiger partial charge in [0.2, 0.25) is 5.91 Å². The molecule has 0 spiro atoms. The third-order valence-corrected chi connectivity index (χ3v) is 4.65. The number of rotatable bonds is 1. The second kappa shape index (κ2) is 5.44. The maximum atomic E-state index is 12.9.